The smallest absolute Gasteiger partial charge is 0.254 e. The van der Waals surface area contributed by atoms with Crippen molar-refractivity contribution in [3.05, 3.63) is 35.4 Å². The van der Waals surface area contributed by atoms with E-state index in [1.165, 1.54) is 0 Å². The van der Waals surface area contributed by atoms with Gasteiger partial charge in [0.25, 0.3) is 5.91 Å². The summed E-state index contributed by atoms with van der Waals surface area (Å²) in [5.41, 5.74) is 1.80. The van der Waals surface area contributed by atoms with Gasteiger partial charge in [0.15, 0.2) is 5.96 Å². The monoisotopic (exact) mass is 360 g/mol. The fourth-order valence-corrected chi connectivity index (χ4v) is 3.03. The van der Waals surface area contributed by atoms with E-state index in [1.54, 1.807) is 0 Å². The van der Waals surface area contributed by atoms with E-state index >= 15 is 0 Å². The third-order valence-corrected chi connectivity index (χ3v) is 4.21. The number of rotatable bonds is 6. The van der Waals surface area contributed by atoms with E-state index in [4.69, 9.17) is 4.74 Å². The minimum Gasteiger partial charge on any atom is -0.372 e. The van der Waals surface area contributed by atoms with E-state index in [0.29, 0.717) is 19.6 Å². The molecular formula is C20H32N4O2. The molecule has 1 saturated heterocycles. The summed E-state index contributed by atoms with van der Waals surface area (Å²) < 4.78 is 5.70. The highest BCUT2D eigenvalue weighted by Crippen LogP contribution is 2.15. The second-order valence-electron chi connectivity index (χ2n) is 6.79. The molecule has 0 aromatic heterocycles. The number of hydrogen-bond acceptors (Lipinski definition) is 3. The number of nitrogens with one attached hydrogen (secondary N) is 2. The van der Waals surface area contributed by atoms with Gasteiger partial charge in [-0.05, 0) is 44.9 Å². The van der Waals surface area contributed by atoms with E-state index in [0.717, 1.165) is 36.6 Å². The lowest BCUT2D eigenvalue weighted by Gasteiger charge is -2.35. The Morgan fingerprint density at radius 2 is 1.81 bits per heavy atom. The van der Waals surface area contributed by atoms with Gasteiger partial charge < -0.3 is 20.3 Å². The molecule has 0 spiro atoms. The summed E-state index contributed by atoms with van der Waals surface area (Å²) in [5, 5.41) is 6.52. The van der Waals surface area contributed by atoms with Crippen LogP contribution >= 0.6 is 0 Å². The van der Waals surface area contributed by atoms with E-state index in [9.17, 15) is 4.79 Å². The first-order valence-electron chi connectivity index (χ1n) is 9.59. The lowest BCUT2D eigenvalue weighted by molar-refractivity contribution is -0.0586. The van der Waals surface area contributed by atoms with Crippen molar-refractivity contribution >= 4 is 11.9 Å². The van der Waals surface area contributed by atoms with Gasteiger partial charge in [0.05, 0.1) is 18.8 Å². The number of hydrogen-bond donors (Lipinski definition) is 2. The number of nitrogens with zero attached hydrogens (tertiary/aromatic N) is 2. The van der Waals surface area contributed by atoms with Crippen molar-refractivity contribution in [3.8, 4) is 0 Å². The molecule has 1 aliphatic heterocycles. The first kappa shape index (κ1) is 20.2. The molecule has 1 aromatic carbocycles. The number of aliphatic imine (C=N–C) groups is 1. The molecule has 2 unspecified atom stereocenters. The van der Waals surface area contributed by atoms with Crippen molar-refractivity contribution < 1.29 is 9.53 Å². The summed E-state index contributed by atoms with van der Waals surface area (Å²) >= 11 is 0. The van der Waals surface area contributed by atoms with Crippen molar-refractivity contribution in [1.82, 2.24) is 15.5 Å². The van der Waals surface area contributed by atoms with Crippen molar-refractivity contribution in [3.63, 3.8) is 0 Å². The highest BCUT2D eigenvalue weighted by atomic mass is 16.5. The molecule has 0 saturated carbocycles. The third kappa shape index (κ3) is 6.02. The zero-order valence-electron chi connectivity index (χ0n) is 16.4. The molecule has 1 fully saturated rings. The predicted molar refractivity (Wildman–Crippen MR) is 105 cm³/mol. The average molecular weight is 361 g/mol. The van der Waals surface area contributed by atoms with Crippen LogP contribution in [0.1, 0.15) is 50.0 Å². The lowest BCUT2D eigenvalue weighted by atomic mass is 10.1. The molecule has 2 rings (SSSR count). The number of guanidine groups is 1. The van der Waals surface area contributed by atoms with Crippen molar-refractivity contribution in [2.24, 2.45) is 4.99 Å². The minimum atomic E-state index is 0.0694. The molecular weight excluding hydrogens is 328 g/mol. The molecule has 6 nitrogen and oxygen atoms in total. The van der Waals surface area contributed by atoms with Crippen LogP contribution in [0.4, 0.5) is 0 Å². The second kappa shape index (κ2) is 10.2. The van der Waals surface area contributed by atoms with Gasteiger partial charge in [0, 0.05) is 31.7 Å². The van der Waals surface area contributed by atoms with Gasteiger partial charge in [-0.3, -0.25) is 4.79 Å². The Kier molecular flexibility index (Phi) is 7.91. The van der Waals surface area contributed by atoms with Gasteiger partial charge in [-0.2, -0.15) is 0 Å². The van der Waals surface area contributed by atoms with Crippen LogP contribution in [-0.4, -0.2) is 55.2 Å². The zero-order valence-corrected chi connectivity index (χ0v) is 16.4. The standard InChI is InChI=1S/C20H32N4O2/c1-5-11-22-20(21-6-2)23-12-17-7-9-18(10-8-17)19(25)24-13-15(3)26-16(4)14-24/h7-10,15-16H,5-6,11-14H2,1-4H3,(H2,21,22,23). The Morgan fingerprint density at radius 1 is 1.15 bits per heavy atom. The number of carbonyl (C=O) groups excluding carboxylic acids is 1. The number of ether oxygens (including phenoxy) is 1. The first-order valence-corrected chi connectivity index (χ1v) is 9.59. The molecule has 0 bridgehead atoms. The van der Waals surface area contributed by atoms with E-state index < -0.39 is 0 Å². The zero-order chi connectivity index (χ0) is 18.9. The van der Waals surface area contributed by atoms with Gasteiger partial charge in [-0.25, -0.2) is 4.99 Å². The van der Waals surface area contributed by atoms with E-state index in [-0.39, 0.29) is 18.1 Å². The minimum absolute atomic E-state index is 0.0694. The summed E-state index contributed by atoms with van der Waals surface area (Å²) in [5.74, 6) is 0.894. The second-order valence-corrected chi connectivity index (χ2v) is 6.79. The Morgan fingerprint density at radius 3 is 2.38 bits per heavy atom. The summed E-state index contributed by atoms with van der Waals surface area (Å²) in [6.07, 6.45) is 1.22. The fourth-order valence-electron chi connectivity index (χ4n) is 3.03. The van der Waals surface area contributed by atoms with Crippen LogP contribution in [-0.2, 0) is 11.3 Å². The summed E-state index contributed by atoms with van der Waals surface area (Å²) in [4.78, 5) is 19.2. The Hall–Kier alpha value is -2.08. The number of benzene rings is 1. The third-order valence-electron chi connectivity index (χ3n) is 4.21. The summed E-state index contributed by atoms with van der Waals surface area (Å²) in [7, 11) is 0. The van der Waals surface area contributed by atoms with E-state index in [2.05, 4.69) is 29.5 Å². The van der Waals surface area contributed by atoms with Crippen LogP contribution in [0.15, 0.2) is 29.3 Å². The highest BCUT2D eigenvalue weighted by Gasteiger charge is 2.26. The quantitative estimate of drug-likeness (QED) is 0.604. The number of carbonyl (C=O) groups is 1. The number of morpholine rings is 1. The average Bonchev–Trinajstić information content (AvgIpc) is 2.63. The number of amides is 1. The fraction of sp³-hybridized carbons (Fsp3) is 0.600. The molecule has 2 N–H and O–H groups in total. The van der Waals surface area contributed by atoms with Crippen LogP contribution in [0.2, 0.25) is 0 Å². The van der Waals surface area contributed by atoms with Crippen LogP contribution in [0.3, 0.4) is 0 Å². The summed E-state index contributed by atoms with van der Waals surface area (Å²) in [6.45, 7) is 11.8. The maximum Gasteiger partial charge on any atom is 0.254 e. The normalized spacial score (nSPS) is 20.8. The highest BCUT2D eigenvalue weighted by molar-refractivity contribution is 5.94. The molecule has 1 heterocycles. The molecule has 1 aromatic rings. The van der Waals surface area contributed by atoms with Gasteiger partial charge in [0.1, 0.15) is 0 Å². The molecule has 6 heteroatoms. The molecule has 1 aliphatic rings. The SMILES string of the molecule is CCCNC(=NCc1ccc(C(=O)N2CC(C)OC(C)C2)cc1)NCC. The largest absolute Gasteiger partial charge is 0.372 e. The van der Waals surface area contributed by atoms with Crippen LogP contribution < -0.4 is 10.6 Å². The topological polar surface area (TPSA) is 66.0 Å². The lowest BCUT2D eigenvalue weighted by Crippen LogP contribution is -2.48. The molecule has 0 aliphatic carbocycles. The maximum atomic E-state index is 12.7. The summed E-state index contributed by atoms with van der Waals surface area (Å²) in [6, 6.07) is 7.75. The van der Waals surface area contributed by atoms with Gasteiger partial charge >= 0.3 is 0 Å². The van der Waals surface area contributed by atoms with Gasteiger partial charge in [0.2, 0.25) is 0 Å². The Labute approximate surface area is 157 Å². The molecule has 1 amide bonds. The molecule has 2 atom stereocenters. The molecule has 26 heavy (non-hydrogen) atoms. The Balaban J connectivity index is 1.97. The van der Waals surface area contributed by atoms with Crippen molar-refractivity contribution in [1.29, 1.82) is 0 Å². The first-order chi connectivity index (χ1) is 12.5. The van der Waals surface area contributed by atoms with E-state index in [1.807, 2.05) is 43.0 Å². The van der Waals surface area contributed by atoms with Crippen LogP contribution in [0, 0.1) is 0 Å². The molecule has 144 valence electrons. The van der Waals surface area contributed by atoms with Gasteiger partial charge in [-0.1, -0.05) is 19.1 Å². The van der Waals surface area contributed by atoms with Crippen molar-refractivity contribution in [2.75, 3.05) is 26.2 Å². The maximum absolute atomic E-state index is 12.7. The van der Waals surface area contributed by atoms with Gasteiger partial charge in [-0.15, -0.1) is 0 Å². The van der Waals surface area contributed by atoms with Crippen LogP contribution in [0.5, 0.6) is 0 Å². The predicted octanol–water partition coefficient (Wildman–Crippen LogP) is 2.40. The Bertz CT molecular complexity index is 590. The van der Waals surface area contributed by atoms with Crippen LogP contribution in [0.25, 0.3) is 0 Å². The molecule has 0 radical (unpaired) electrons. The van der Waals surface area contributed by atoms with Crippen molar-refractivity contribution in [2.45, 2.75) is 52.9 Å².